The Balaban J connectivity index is 1.79. The summed E-state index contributed by atoms with van der Waals surface area (Å²) in [5, 5.41) is 0. The number of carbonyl (C=O) groups excluding carboxylic acids is 1. The Morgan fingerprint density at radius 3 is 2.96 bits per heavy atom. The van der Waals surface area contributed by atoms with Gasteiger partial charge in [0.05, 0.1) is 23.3 Å². The van der Waals surface area contributed by atoms with Crippen LogP contribution in [0.3, 0.4) is 0 Å². The summed E-state index contributed by atoms with van der Waals surface area (Å²) in [6.07, 6.45) is 5.17. The maximum Gasteiger partial charge on any atom is 0.275 e. The maximum absolute atomic E-state index is 12.6. The molecule has 2 aliphatic heterocycles. The van der Waals surface area contributed by atoms with Crippen molar-refractivity contribution in [2.75, 3.05) is 6.54 Å². The molecule has 1 saturated heterocycles. The van der Waals surface area contributed by atoms with Crippen LogP contribution in [-0.2, 0) is 0 Å². The molecule has 1 N–H and O–H groups in total. The standard InChI is InChI=1S/C18H14N4O2/c23-17-16(20-12-6-7-19-9-13(12)21-17)10-3-1-4-11-15(10)14-5-2-8-22(14)18(11)24/h1,3-4,6-7,9,14H,2,5,8H2,(H,21,23). The molecule has 1 amide bonds. The van der Waals surface area contributed by atoms with E-state index in [2.05, 4.69) is 15.0 Å². The number of hydrogen-bond acceptors (Lipinski definition) is 4. The minimum absolute atomic E-state index is 0.0655. The fourth-order valence-corrected chi connectivity index (χ4v) is 3.90. The van der Waals surface area contributed by atoms with Gasteiger partial charge in [-0.25, -0.2) is 4.98 Å². The zero-order valence-electron chi connectivity index (χ0n) is 12.8. The van der Waals surface area contributed by atoms with Gasteiger partial charge in [-0.2, -0.15) is 0 Å². The van der Waals surface area contributed by atoms with Crippen molar-refractivity contribution in [1.82, 2.24) is 19.9 Å². The average Bonchev–Trinajstić information content (AvgIpc) is 3.18. The molecule has 6 nitrogen and oxygen atoms in total. The quantitative estimate of drug-likeness (QED) is 0.746. The molecule has 3 aromatic rings. The van der Waals surface area contributed by atoms with Gasteiger partial charge in [0.15, 0.2) is 0 Å². The summed E-state index contributed by atoms with van der Waals surface area (Å²) in [5.74, 6) is 0.0655. The van der Waals surface area contributed by atoms with E-state index in [1.807, 2.05) is 23.1 Å². The number of rotatable bonds is 1. The molecule has 4 heterocycles. The van der Waals surface area contributed by atoms with Gasteiger partial charge in [-0.1, -0.05) is 12.1 Å². The highest BCUT2D eigenvalue weighted by atomic mass is 16.2. The van der Waals surface area contributed by atoms with Crippen LogP contribution in [-0.4, -0.2) is 32.3 Å². The smallest absolute Gasteiger partial charge is 0.275 e. The fraction of sp³-hybridized carbons (Fsp3) is 0.222. The second-order valence-corrected chi connectivity index (χ2v) is 6.23. The molecule has 1 fully saturated rings. The lowest BCUT2D eigenvalue weighted by Crippen LogP contribution is -2.22. The number of pyridine rings is 1. The Morgan fingerprint density at radius 2 is 2.04 bits per heavy atom. The summed E-state index contributed by atoms with van der Waals surface area (Å²) in [7, 11) is 0. The molecular weight excluding hydrogens is 304 g/mol. The van der Waals surface area contributed by atoms with Crippen LogP contribution >= 0.6 is 0 Å². The summed E-state index contributed by atoms with van der Waals surface area (Å²) < 4.78 is 0. The third-order valence-corrected chi connectivity index (χ3v) is 4.93. The van der Waals surface area contributed by atoms with Crippen LogP contribution in [0, 0.1) is 0 Å². The first kappa shape index (κ1) is 13.4. The van der Waals surface area contributed by atoms with Crippen LogP contribution in [0.25, 0.3) is 22.3 Å². The average molecular weight is 318 g/mol. The Morgan fingerprint density at radius 1 is 1.17 bits per heavy atom. The van der Waals surface area contributed by atoms with Crippen LogP contribution in [0.1, 0.15) is 34.8 Å². The molecule has 0 bridgehead atoms. The van der Waals surface area contributed by atoms with Gasteiger partial charge < -0.3 is 9.88 Å². The predicted molar refractivity (Wildman–Crippen MR) is 88.6 cm³/mol. The predicted octanol–water partition coefficient (Wildman–Crippen LogP) is 2.28. The van der Waals surface area contributed by atoms with Crippen molar-refractivity contribution in [3.8, 4) is 11.3 Å². The Kier molecular flexibility index (Phi) is 2.65. The minimum atomic E-state index is -0.257. The molecule has 2 aromatic heterocycles. The van der Waals surface area contributed by atoms with Crippen molar-refractivity contribution >= 4 is 16.9 Å². The number of amides is 1. The SMILES string of the molecule is O=C1c2cccc(-c3nc4ccncc4[nH]c3=O)c2C2CCCN12. The van der Waals surface area contributed by atoms with Gasteiger partial charge in [0.1, 0.15) is 5.69 Å². The van der Waals surface area contributed by atoms with E-state index in [4.69, 9.17) is 0 Å². The Hall–Kier alpha value is -3.02. The van der Waals surface area contributed by atoms with Crippen molar-refractivity contribution in [2.24, 2.45) is 0 Å². The summed E-state index contributed by atoms with van der Waals surface area (Å²) in [5.41, 5.74) is 3.82. The molecular formula is C18H14N4O2. The lowest BCUT2D eigenvalue weighted by Gasteiger charge is -2.16. The van der Waals surface area contributed by atoms with E-state index in [1.165, 1.54) is 0 Å². The van der Waals surface area contributed by atoms with Crippen molar-refractivity contribution < 1.29 is 4.79 Å². The van der Waals surface area contributed by atoms with Crippen molar-refractivity contribution in [3.63, 3.8) is 0 Å². The molecule has 24 heavy (non-hydrogen) atoms. The first-order chi connectivity index (χ1) is 11.7. The van der Waals surface area contributed by atoms with Gasteiger partial charge in [-0.3, -0.25) is 14.6 Å². The summed E-state index contributed by atoms with van der Waals surface area (Å²) in [6, 6.07) is 7.40. The maximum atomic E-state index is 12.6. The van der Waals surface area contributed by atoms with Gasteiger partial charge in [0.25, 0.3) is 11.5 Å². The first-order valence-electron chi connectivity index (χ1n) is 8.02. The van der Waals surface area contributed by atoms with E-state index in [-0.39, 0.29) is 17.5 Å². The van der Waals surface area contributed by atoms with E-state index < -0.39 is 0 Å². The fourth-order valence-electron chi connectivity index (χ4n) is 3.90. The van der Waals surface area contributed by atoms with Crippen LogP contribution < -0.4 is 5.56 Å². The molecule has 0 aliphatic carbocycles. The highest BCUT2D eigenvalue weighted by molar-refractivity contribution is 6.01. The van der Waals surface area contributed by atoms with E-state index in [9.17, 15) is 9.59 Å². The van der Waals surface area contributed by atoms with Gasteiger partial charge in [0.2, 0.25) is 0 Å². The Bertz CT molecular complexity index is 1060. The molecule has 0 radical (unpaired) electrons. The highest BCUT2D eigenvalue weighted by Crippen LogP contribution is 2.44. The van der Waals surface area contributed by atoms with Crippen molar-refractivity contribution in [3.05, 3.63) is 58.1 Å². The molecule has 1 atom stereocenters. The number of nitrogens with one attached hydrogen (secondary N) is 1. The van der Waals surface area contributed by atoms with Crippen LogP contribution in [0.2, 0.25) is 0 Å². The van der Waals surface area contributed by atoms with E-state index in [0.29, 0.717) is 22.3 Å². The molecule has 1 unspecified atom stereocenters. The van der Waals surface area contributed by atoms with Crippen molar-refractivity contribution in [2.45, 2.75) is 18.9 Å². The zero-order chi connectivity index (χ0) is 16.3. The molecule has 5 rings (SSSR count). The summed E-state index contributed by atoms with van der Waals surface area (Å²) in [6.45, 7) is 0.783. The number of aromatic amines is 1. The van der Waals surface area contributed by atoms with Crippen molar-refractivity contribution in [1.29, 1.82) is 0 Å². The second kappa shape index (κ2) is 4.74. The minimum Gasteiger partial charge on any atom is -0.332 e. The third kappa shape index (κ3) is 1.71. The number of nitrogens with zero attached hydrogens (tertiary/aromatic N) is 3. The topological polar surface area (TPSA) is 79.0 Å². The molecule has 1 aromatic carbocycles. The van der Waals surface area contributed by atoms with E-state index in [0.717, 1.165) is 30.5 Å². The molecule has 118 valence electrons. The largest absolute Gasteiger partial charge is 0.332 e. The van der Waals surface area contributed by atoms with Crippen LogP contribution in [0.5, 0.6) is 0 Å². The number of fused-ring (bicyclic) bond motifs is 4. The molecule has 2 aliphatic rings. The van der Waals surface area contributed by atoms with Gasteiger partial charge in [-0.15, -0.1) is 0 Å². The third-order valence-electron chi connectivity index (χ3n) is 4.93. The lowest BCUT2D eigenvalue weighted by molar-refractivity contribution is 0.0776. The van der Waals surface area contributed by atoms with Gasteiger partial charge in [-0.05, 0) is 30.5 Å². The van der Waals surface area contributed by atoms with E-state index in [1.54, 1.807) is 18.5 Å². The number of aromatic nitrogens is 3. The first-order valence-corrected chi connectivity index (χ1v) is 8.02. The highest BCUT2D eigenvalue weighted by Gasteiger charge is 2.41. The number of benzene rings is 1. The Labute approximate surface area is 137 Å². The second-order valence-electron chi connectivity index (χ2n) is 6.23. The van der Waals surface area contributed by atoms with Gasteiger partial charge >= 0.3 is 0 Å². The summed E-state index contributed by atoms with van der Waals surface area (Å²) in [4.78, 5) is 38.4. The summed E-state index contributed by atoms with van der Waals surface area (Å²) >= 11 is 0. The molecule has 6 heteroatoms. The molecule has 0 saturated carbocycles. The van der Waals surface area contributed by atoms with E-state index >= 15 is 0 Å². The number of H-pyrrole nitrogens is 1. The van der Waals surface area contributed by atoms with Gasteiger partial charge in [0, 0.05) is 23.9 Å². The van der Waals surface area contributed by atoms with Crippen LogP contribution in [0.4, 0.5) is 0 Å². The normalized spacial score (nSPS) is 18.9. The lowest BCUT2D eigenvalue weighted by atomic mass is 9.94. The monoisotopic (exact) mass is 318 g/mol. The van der Waals surface area contributed by atoms with Crippen LogP contribution in [0.15, 0.2) is 41.5 Å². The molecule has 0 spiro atoms. The number of carbonyl (C=O) groups is 1. The zero-order valence-corrected chi connectivity index (χ0v) is 12.8. The number of hydrogen-bond donors (Lipinski definition) is 1.